The lowest BCUT2D eigenvalue weighted by molar-refractivity contribution is 0.340. The highest BCUT2D eigenvalue weighted by Crippen LogP contribution is 2.23. The first-order valence-corrected chi connectivity index (χ1v) is 7.79. The molecule has 1 rings (SSSR count). The SMILES string of the molecule is CC(C)CCCC(C)NC1CCCCCC1C#N. The Morgan fingerprint density at radius 1 is 1.11 bits per heavy atom. The molecule has 3 atom stereocenters. The van der Waals surface area contributed by atoms with E-state index < -0.39 is 0 Å². The summed E-state index contributed by atoms with van der Waals surface area (Å²) < 4.78 is 0. The van der Waals surface area contributed by atoms with E-state index in [4.69, 9.17) is 0 Å². The highest BCUT2D eigenvalue weighted by Gasteiger charge is 2.24. The van der Waals surface area contributed by atoms with Crippen LogP contribution in [0.5, 0.6) is 0 Å². The molecule has 0 aromatic rings. The fourth-order valence-corrected chi connectivity index (χ4v) is 2.94. The summed E-state index contributed by atoms with van der Waals surface area (Å²) in [5.74, 6) is 1.04. The Labute approximate surface area is 113 Å². The highest BCUT2D eigenvalue weighted by molar-refractivity contribution is 4.94. The molecule has 18 heavy (non-hydrogen) atoms. The van der Waals surface area contributed by atoms with Crippen LogP contribution in [-0.2, 0) is 0 Å². The van der Waals surface area contributed by atoms with Gasteiger partial charge in [0, 0.05) is 12.1 Å². The fraction of sp³-hybridized carbons (Fsp3) is 0.938. The third-order valence-corrected chi connectivity index (χ3v) is 4.10. The monoisotopic (exact) mass is 250 g/mol. The lowest BCUT2D eigenvalue weighted by atomic mass is 9.95. The predicted molar refractivity (Wildman–Crippen MR) is 77.3 cm³/mol. The molecule has 1 aliphatic rings. The molecule has 1 saturated carbocycles. The van der Waals surface area contributed by atoms with Gasteiger partial charge >= 0.3 is 0 Å². The van der Waals surface area contributed by atoms with Gasteiger partial charge in [-0.15, -0.1) is 0 Å². The Bertz CT molecular complexity index is 254. The molecule has 0 amide bonds. The standard InChI is InChI=1S/C16H30N2/c1-13(2)8-7-9-14(3)18-16-11-6-4-5-10-15(16)12-17/h13-16,18H,4-11H2,1-3H3. The first kappa shape index (κ1) is 15.5. The molecule has 1 fully saturated rings. The number of hydrogen-bond donors (Lipinski definition) is 1. The zero-order valence-electron chi connectivity index (χ0n) is 12.4. The Morgan fingerprint density at radius 3 is 2.50 bits per heavy atom. The lowest BCUT2D eigenvalue weighted by Gasteiger charge is -2.25. The van der Waals surface area contributed by atoms with Gasteiger partial charge in [0.15, 0.2) is 0 Å². The maximum Gasteiger partial charge on any atom is 0.0672 e. The number of hydrogen-bond acceptors (Lipinski definition) is 2. The molecular formula is C16H30N2. The van der Waals surface area contributed by atoms with E-state index in [1.807, 2.05) is 0 Å². The van der Waals surface area contributed by atoms with Crippen molar-refractivity contribution in [3.05, 3.63) is 0 Å². The molecule has 1 N–H and O–H groups in total. The van der Waals surface area contributed by atoms with Gasteiger partial charge in [0.2, 0.25) is 0 Å². The summed E-state index contributed by atoms with van der Waals surface area (Å²) in [6, 6.07) is 3.51. The molecule has 2 nitrogen and oxygen atoms in total. The van der Waals surface area contributed by atoms with Gasteiger partial charge in [-0.1, -0.05) is 46.0 Å². The van der Waals surface area contributed by atoms with E-state index in [0.29, 0.717) is 12.1 Å². The van der Waals surface area contributed by atoms with E-state index in [-0.39, 0.29) is 5.92 Å². The summed E-state index contributed by atoms with van der Waals surface area (Å²) in [6.07, 6.45) is 9.96. The van der Waals surface area contributed by atoms with Gasteiger partial charge in [-0.25, -0.2) is 0 Å². The first-order valence-electron chi connectivity index (χ1n) is 7.79. The smallest absolute Gasteiger partial charge is 0.0672 e. The van der Waals surface area contributed by atoms with Gasteiger partial charge in [-0.05, 0) is 32.1 Å². The summed E-state index contributed by atoms with van der Waals surface area (Å²) in [4.78, 5) is 0. The van der Waals surface area contributed by atoms with E-state index in [2.05, 4.69) is 32.2 Å². The largest absolute Gasteiger partial charge is 0.310 e. The fourth-order valence-electron chi connectivity index (χ4n) is 2.94. The average Bonchev–Trinajstić information content (AvgIpc) is 2.53. The molecule has 0 aromatic heterocycles. The van der Waals surface area contributed by atoms with Gasteiger partial charge in [0.1, 0.15) is 0 Å². The van der Waals surface area contributed by atoms with Crippen molar-refractivity contribution in [2.45, 2.75) is 84.2 Å². The second-order valence-electron chi connectivity index (χ2n) is 6.37. The molecule has 0 aliphatic heterocycles. The van der Waals surface area contributed by atoms with E-state index in [9.17, 15) is 5.26 Å². The van der Waals surface area contributed by atoms with E-state index in [1.165, 1.54) is 44.9 Å². The quantitative estimate of drug-likeness (QED) is 0.715. The minimum atomic E-state index is 0.236. The highest BCUT2D eigenvalue weighted by atomic mass is 14.9. The van der Waals surface area contributed by atoms with Crippen molar-refractivity contribution in [3.8, 4) is 6.07 Å². The molecule has 2 heteroatoms. The zero-order valence-corrected chi connectivity index (χ0v) is 12.4. The second kappa shape index (κ2) is 8.53. The van der Waals surface area contributed by atoms with Crippen LogP contribution in [0.2, 0.25) is 0 Å². The average molecular weight is 250 g/mol. The van der Waals surface area contributed by atoms with Crippen LogP contribution in [-0.4, -0.2) is 12.1 Å². The Balaban J connectivity index is 2.31. The van der Waals surface area contributed by atoms with E-state index in [1.54, 1.807) is 0 Å². The van der Waals surface area contributed by atoms with Crippen LogP contribution in [0.3, 0.4) is 0 Å². The summed E-state index contributed by atoms with van der Waals surface area (Å²) in [5.41, 5.74) is 0. The summed E-state index contributed by atoms with van der Waals surface area (Å²) in [6.45, 7) is 6.85. The molecule has 0 bridgehead atoms. The topological polar surface area (TPSA) is 35.8 Å². The maximum atomic E-state index is 9.26. The van der Waals surface area contributed by atoms with Crippen LogP contribution in [0.25, 0.3) is 0 Å². The number of nitriles is 1. The predicted octanol–water partition coefficient (Wildman–Crippen LogP) is 4.26. The van der Waals surface area contributed by atoms with Crippen molar-refractivity contribution in [2.75, 3.05) is 0 Å². The van der Waals surface area contributed by atoms with Gasteiger partial charge < -0.3 is 5.32 Å². The Hall–Kier alpha value is -0.550. The van der Waals surface area contributed by atoms with Crippen LogP contribution in [0.15, 0.2) is 0 Å². The van der Waals surface area contributed by atoms with Crippen molar-refractivity contribution in [2.24, 2.45) is 11.8 Å². The van der Waals surface area contributed by atoms with Gasteiger partial charge in [-0.2, -0.15) is 5.26 Å². The van der Waals surface area contributed by atoms with Crippen LogP contribution >= 0.6 is 0 Å². The van der Waals surface area contributed by atoms with E-state index in [0.717, 1.165) is 12.3 Å². The van der Waals surface area contributed by atoms with Gasteiger partial charge in [-0.3, -0.25) is 0 Å². The minimum absolute atomic E-state index is 0.236. The number of nitrogens with one attached hydrogen (secondary N) is 1. The van der Waals surface area contributed by atoms with Crippen molar-refractivity contribution in [3.63, 3.8) is 0 Å². The molecule has 3 unspecified atom stereocenters. The van der Waals surface area contributed by atoms with E-state index >= 15 is 0 Å². The summed E-state index contributed by atoms with van der Waals surface area (Å²) in [7, 11) is 0. The molecular weight excluding hydrogens is 220 g/mol. The molecule has 0 saturated heterocycles. The minimum Gasteiger partial charge on any atom is -0.310 e. The lowest BCUT2D eigenvalue weighted by Crippen LogP contribution is -2.40. The molecule has 0 radical (unpaired) electrons. The van der Waals surface area contributed by atoms with Crippen LogP contribution in [0, 0.1) is 23.2 Å². The third-order valence-electron chi connectivity index (χ3n) is 4.10. The van der Waals surface area contributed by atoms with Crippen molar-refractivity contribution < 1.29 is 0 Å². The number of rotatable bonds is 6. The molecule has 0 aromatic carbocycles. The third kappa shape index (κ3) is 5.87. The van der Waals surface area contributed by atoms with Crippen LogP contribution < -0.4 is 5.32 Å². The zero-order chi connectivity index (χ0) is 13.4. The van der Waals surface area contributed by atoms with Crippen LogP contribution in [0.1, 0.15) is 72.1 Å². The van der Waals surface area contributed by atoms with Crippen molar-refractivity contribution >= 4 is 0 Å². The van der Waals surface area contributed by atoms with Crippen molar-refractivity contribution in [1.82, 2.24) is 5.32 Å². The van der Waals surface area contributed by atoms with Crippen LogP contribution in [0.4, 0.5) is 0 Å². The maximum absolute atomic E-state index is 9.26. The van der Waals surface area contributed by atoms with Gasteiger partial charge in [0.05, 0.1) is 12.0 Å². The summed E-state index contributed by atoms with van der Waals surface area (Å²) >= 11 is 0. The molecule has 0 spiro atoms. The first-order chi connectivity index (χ1) is 8.63. The number of nitrogens with zero attached hydrogens (tertiary/aromatic N) is 1. The Kier molecular flexibility index (Phi) is 7.35. The molecule has 1 aliphatic carbocycles. The molecule has 104 valence electrons. The van der Waals surface area contributed by atoms with Crippen molar-refractivity contribution in [1.29, 1.82) is 5.26 Å². The molecule has 0 heterocycles. The second-order valence-corrected chi connectivity index (χ2v) is 6.37. The Morgan fingerprint density at radius 2 is 1.83 bits per heavy atom. The van der Waals surface area contributed by atoms with Gasteiger partial charge in [0.25, 0.3) is 0 Å². The normalized spacial score (nSPS) is 26.6. The summed E-state index contributed by atoms with van der Waals surface area (Å²) in [5, 5.41) is 13.0.